The number of benzene rings is 1. The summed E-state index contributed by atoms with van der Waals surface area (Å²) in [5.41, 5.74) is 0.795. The van der Waals surface area contributed by atoms with Gasteiger partial charge in [0.15, 0.2) is 0 Å². The molecule has 17 heavy (non-hydrogen) atoms. The maximum atomic E-state index is 13.0. The fourth-order valence-corrected chi connectivity index (χ4v) is 1.81. The highest BCUT2D eigenvalue weighted by atomic mass is 79.9. The Bertz CT molecular complexity index is 518. The summed E-state index contributed by atoms with van der Waals surface area (Å²) in [6, 6.07) is 11.7. The van der Waals surface area contributed by atoms with Gasteiger partial charge in [0.05, 0.1) is 5.69 Å². The van der Waals surface area contributed by atoms with Crippen LogP contribution in [0.3, 0.4) is 0 Å². The van der Waals surface area contributed by atoms with E-state index in [0.717, 1.165) is 10.3 Å². The zero-order valence-corrected chi connectivity index (χ0v) is 10.8. The first-order valence-corrected chi connectivity index (χ1v) is 5.99. The monoisotopic (exact) mass is 295 g/mol. The lowest BCUT2D eigenvalue weighted by Crippen LogP contribution is -2.05. The summed E-state index contributed by atoms with van der Waals surface area (Å²) >= 11 is 3.30. The molecule has 1 heterocycles. The molecule has 0 radical (unpaired) electrons. The van der Waals surface area contributed by atoms with Crippen molar-refractivity contribution >= 4 is 15.9 Å². The summed E-state index contributed by atoms with van der Waals surface area (Å²) in [5.74, 6) is 0.191. The second kappa shape index (κ2) is 5.27. The van der Waals surface area contributed by atoms with E-state index in [1.165, 1.54) is 12.1 Å². The summed E-state index contributed by atoms with van der Waals surface area (Å²) in [7, 11) is 0. The predicted molar refractivity (Wildman–Crippen MR) is 67.4 cm³/mol. The Morgan fingerprint density at radius 1 is 1.24 bits per heavy atom. The SMILES string of the molecule is C[C@@H](Oc1cccc(F)c1)c1cccc(Br)n1. The van der Waals surface area contributed by atoms with E-state index in [9.17, 15) is 4.39 Å². The van der Waals surface area contributed by atoms with Crippen molar-refractivity contribution < 1.29 is 9.13 Å². The lowest BCUT2D eigenvalue weighted by Gasteiger charge is -2.14. The van der Waals surface area contributed by atoms with Crippen LogP contribution in [-0.4, -0.2) is 4.98 Å². The smallest absolute Gasteiger partial charge is 0.138 e. The van der Waals surface area contributed by atoms with Crippen LogP contribution in [0.1, 0.15) is 18.7 Å². The van der Waals surface area contributed by atoms with Crippen molar-refractivity contribution in [1.82, 2.24) is 4.98 Å². The first kappa shape index (κ1) is 12.0. The van der Waals surface area contributed by atoms with E-state index < -0.39 is 0 Å². The molecule has 2 aromatic rings. The van der Waals surface area contributed by atoms with Crippen LogP contribution in [0.25, 0.3) is 0 Å². The summed E-state index contributed by atoms with van der Waals surface area (Å²) < 4.78 is 19.3. The Morgan fingerprint density at radius 2 is 2.00 bits per heavy atom. The molecule has 0 N–H and O–H groups in total. The normalized spacial score (nSPS) is 12.2. The summed E-state index contributed by atoms with van der Waals surface area (Å²) in [6.45, 7) is 1.87. The number of halogens is 2. The van der Waals surface area contributed by atoms with E-state index >= 15 is 0 Å². The fourth-order valence-electron chi connectivity index (χ4n) is 1.46. The minimum Gasteiger partial charge on any atom is -0.484 e. The lowest BCUT2D eigenvalue weighted by molar-refractivity contribution is 0.221. The van der Waals surface area contributed by atoms with Crippen LogP contribution < -0.4 is 4.74 Å². The third-order valence-electron chi connectivity index (χ3n) is 2.26. The highest BCUT2D eigenvalue weighted by Gasteiger charge is 2.09. The largest absolute Gasteiger partial charge is 0.484 e. The Morgan fingerprint density at radius 3 is 2.71 bits per heavy atom. The van der Waals surface area contributed by atoms with Gasteiger partial charge in [-0.3, -0.25) is 0 Å². The van der Waals surface area contributed by atoms with Gasteiger partial charge in [-0.05, 0) is 47.1 Å². The third-order valence-corrected chi connectivity index (χ3v) is 2.70. The molecule has 1 atom stereocenters. The van der Waals surface area contributed by atoms with E-state index in [1.54, 1.807) is 12.1 Å². The average molecular weight is 296 g/mol. The number of ether oxygens (including phenoxy) is 1. The molecule has 0 spiro atoms. The van der Waals surface area contributed by atoms with Crippen LogP contribution in [-0.2, 0) is 0 Å². The van der Waals surface area contributed by atoms with Gasteiger partial charge in [-0.1, -0.05) is 12.1 Å². The highest BCUT2D eigenvalue weighted by molar-refractivity contribution is 9.10. The Kier molecular flexibility index (Phi) is 3.74. The van der Waals surface area contributed by atoms with E-state index in [1.807, 2.05) is 25.1 Å². The minimum absolute atomic E-state index is 0.228. The first-order valence-electron chi connectivity index (χ1n) is 5.20. The van der Waals surface area contributed by atoms with E-state index in [2.05, 4.69) is 20.9 Å². The molecule has 1 aromatic heterocycles. The first-order chi connectivity index (χ1) is 8.15. The zero-order valence-electron chi connectivity index (χ0n) is 9.23. The van der Waals surface area contributed by atoms with E-state index in [-0.39, 0.29) is 11.9 Å². The summed E-state index contributed by atoms with van der Waals surface area (Å²) in [6.07, 6.45) is -0.228. The van der Waals surface area contributed by atoms with Crippen molar-refractivity contribution in [3.05, 3.63) is 58.6 Å². The molecule has 0 saturated carbocycles. The number of nitrogens with zero attached hydrogens (tertiary/aromatic N) is 1. The predicted octanol–water partition coefficient (Wildman–Crippen LogP) is 4.12. The Labute approximate surface area is 108 Å². The van der Waals surface area contributed by atoms with Gasteiger partial charge in [0.2, 0.25) is 0 Å². The molecule has 0 amide bonds. The van der Waals surface area contributed by atoms with Crippen molar-refractivity contribution in [2.24, 2.45) is 0 Å². The molecule has 0 unspecified atom stereocenters. The number of rotatable bonds is 3. The molecule has 1 aromatic carbocycles. The molecule has 2 rings (SSSR count). The second-order valence-corrected chi connectivity index (χ2v) is 4.42. The molecule has 0 saturated heterocycles. The number of hydrogen-bond acceptors (Lipinski definition) is 2. The van der Waals surface area contributed by atoms with Crippen molar-refractivity contribution in [2.75, 3.05) is 0 Å². The highest BCUT2D eigenvalue weighted by Crippen LogP contribution is 2.21. The van der Waals surface area contributed by atoms with Gasteiger partial charge < -0.3 is 4.74 Å². The molecule has 4 heteroatoms. The average Bonchev–Trinajstić information content (AvgIpc) is 2.29. The quantitative estimate of drug-likeness (QED) is 0.795. The fraction of sp³-hybridized carbons (Fsp3) is 0.154. The minimum atomic E-state index is -0.308. The van der Waals surface area contributed by atoms with Crippen LogP contribution in [0.15, 0.2) is 47.1 Å². The van der Waals surface area contributed by atoms with Gasteiger partial charge in [-0.25, -0.2) is 9.37 Å². The standard InChI is InChI=1S/C13H11BrFNO/c1-9(12-6-3-7-13(14)16-12)17-11-5-2-4-10(15)8-11/h2-9H,1H3/t9-/m1/s1. The van der Waals surface area contributed by atoms with E-state index in [0.29, 0.717) is 5.75 Å². The number of hydrogen-bond donors (Lipinski definition) is 0. The molecule has 0 fully saturated rings. The van der Waals surface area contributed by atoms with Crippen molar-refractivity contribution in [1.29, 1.82) is 0 Å². The lowest BCUT2D eigenvalue weighted by atomic mass is 10.2. The van der Waals surface area contributed by atoms with Gasteiger partial charge in [-0.15, -0.1) is 0 Å². The van der Waals surface area contributed by atoms with Gasteiger partial charge >= 0.3 is 0 Å². The van der Waals surface area contributed by atoms with Gasteiger partial charge in [0, 0.05) is 6.07 Å². The third kappa shape index (κ3) is 3.27. The molecule has 0 aliphatic carbocycles. The summed E-state index contributed by atoms with van der Waals surface area (Å²) in [4.78, 5) is 4.29. The topological polar surface area (TPSA) is 22.1 Å². The van der Waals surface area contributed by atoms with E-state index in [4.69, 9.17) is 4.74 Å². The van der Waals surface area contributed by atoms with Crippen molar-refractivity contribution in [2.45, 2.75) is 13.0 Å². The molecule has 88 valence electrons. The van der Waals surface area contributed by atoms with Crippen LogP contribution in [0.5, 0.6) is 5.75 Å². The van der Waals surface area contributed by atoms with Crippen LogP contribution in [0, 0.1) is 5.82 Å². The summed E-state index contributed by atoms with van der Waals surface area (Å²) in [5, 5.41) is 0. The van der Waals surface area contributed by atoms with Crippen LogP contribution in [0.4, 0.5) is 4.39 Å². The zero-order chi connectivity index (χ0) is 12.3. The van der Waals surface area contributed by atoms with Crippen molar-refractivity contribution in [3.8, 4) is 5.75 Å². The van der Waals surface area contributed by atoms with Gasteiger partial charge in [0.25, 0.3) is 0 Å². The molecular formula is C13H11BrFNO. The maximum absolute atomic E-state index is 13.0. The van der Waals surface area contributed by atoms with Gasteiger partial charge in [-0.2, -0.15) is 0 Å². The number of aromatic nitrogens is 1. The molecule has 0 aliphatic rings. The second-order valence-electron chi connectivity index (χ2n) is 3.60. The maximum Gasteiger partial charge on any atom is 0.138 e. The van der Waals surface area contributed by atoms with Gasteiger partial charge in [0.1, 0.15) is 22.3 Å². The van der Waals surface area contributed by atoms with Crippen LogP contribution in [0.2, 0.25) is 0 Å². The Hall–Kier alpha value is -1.42. The Balaban J connectivity index is 2.14. The number of pyridine rings is 1. The molecule has 0 bridgehead atoms. The molecule has 0 aliphatic heterocycles. The molecular weight excluding hydrogens is 285 g/mol. The van der Waals surface area contributed by atoms with Crippen molar-refractivity contribution in [3.63, 3.8) is 0 Å². The molecule has 2 nitrogen and oxygen atoms in total. The van der Waals surface area contributed by atoms with Crippen LogP contribution >= 0.6 is 15.9 Å².